The summed E-state index contributed by atoms with van der Waals surface area (Å²) < 4.78 is 32.7. The zero-order valence-electron chi connectivity index (χ0n) is 16.7. The molecule has 1 atom stereocenters. The van der Waals surface area contributed by atoms with Gasteiger partial charge in [-0.3, -0.25) is 14.3 Å². The molecule has 1 unspecified atom stereocenters. The first-order chi connectivity index (χ1) is 14.8. The van der Waals surface area contributed by atoms with E-state index in [0.29, 0.717) is 0 Å². The summed E-state index contributed by atoms with van der Waals surface area (Å²) in [5.41, 5.74) is 0.294. The summed E-state index contributed by atoms with van der Waals surface area (Å²) in [5.74, 6) is -3.19. The van der Waals surface area contributed by atoms with E-state index in [9.17, 15) is 23.1 Å². The molecule has 0 aliphatic heterocycles. The Balaban J connectivity index is 2.02. The van der Waals surface area contributed by atoms with Gasteiger partial charge in [0.15, 0.2) is 5.78 Å². The molecular formula is C23H21NO6S. The number of anilines is 1. The average Bonchev–Trinajstić information content (AvgIpc) is 2.77. The van der Waals surface area contributed by atoms with Crippen molar-refractivity contribution in [2.24, 2.45) is 0 Å². The molecule has 31 heavy (non-hydrogen) atoms. The van der Waals surface area contributed by atoms with Gasteiger partial charge in [0.2, 0.25) is 0 Å². The van der Waals surface area contributed by atoms with Gasteiger partial charge < -0.3 is 9.84 Å². The molecule has 0 saturated carbocycles. The van der Waals surface area contributed by atoms with Crippen LogP contribution < -0.4 is 4.72 Å². The lowest BCUT2D eigenvalue weighted by molar-refractivity contribution is -0.143. The van der Waals surface area contributed by atoms with Crippen molar-refractivity contribution >= 4 is 27.5 Å². The Labute approximate surface area is 180 Å². The fourth-order valence-electron chi connectivity index (χ4n) is 3.03. The minimum atomic E-state index is -3.90. The zero-order valence-corrected chi connectivity index (χ0v) is 17.5. The molecule has 2 N–H and O–H groups in total. The third-order valence-electron chi connectivity index (χ3n) is 4.49. The van der Waals surface area contributed by atoms with Crippen LogP contribution in [-0.2, 0) is 19.6 Å². The van der Waals surface area contributed by atoms with Gasteiger partial charge in [-0.2, -0.15) is 0 Å². The fourth-order valence-corrected chi connectivity index (χ4v) is 4.10. The van der Waals surface area contributed by atoms with E-state index in [1.807, 2.05) is 0 Å². The van der Waals surface area contributed by atoms with Crippen LogP contribution >= 0.6 is 0 Å². The number of phenols is 1. The number of esters is 1. The number of nitrogens with one attached hydrogen (secondary N) is 1. The first-order valence-corrected chi connectivity index (χ1v) is 11.0. The van der Waals surface area contributed by atoms with Crippen LogP contribution in [0.15, 0.2) is 83.8 Å². The number of aromatic hydroxyl groups is 1. The lowest BCUT2D eigenvalue weighted by atomic mass is 9.89. The van der Waals surface area contributed by atoms with Gasteiger partial charge in [-0.1, -0.05) is 48.5 Å². The second kappa shape index (κ2) is 9.44. The minimum Gasteiger partial charge on any atom is -0.508 e. The Morgan fingerprint density at radius 1 is 0.968 bits per heavy atom. The van der Waals surface area contributed by atoms with E-state index in [-0.39, 0.29) is 34.1 Å². The number of ketones is 1. The lowest BCUT2D eigenvalue weighted by Crippen LogP contribution is -2.25. The number of carbonyl (C=O) groups is 2. The van der Waals surface area contributed by atoms with Gasteiger partial charge in [0.05, 0.1) is 11.5 Å². The summed E-state index contributed by atoms with van der Waals surface area (Å²) in [6.45, 7) is 1.64. The van der Waals surface area contributed by atoms with Gasteiger partial charge in [-0.15, -0.1) is 0 Å². The highest BCUT2D eigenvalue weighted by atomic mass is 32.2. The molecule has 0 heterocycles. The predicted octanol–water partition coefficient (Wildman–Crippen LogP) is 3.72. The van der Waals surface area contributed by atoms with Gasteiger partial charge in [0, 0.05) is 16.8 Å². The molecule has 0 aliphatic rings. The van der Waals surface area contributed by atoms with Crippen LogP contribution in [-0.4, -0.2) is 31.9 Å². The molecule has 0 radical (unpaired) electrons. The maximum atomic E-state index is 13.1. The van der Waals surface area contributed by atoms with E-state index in [4.69, 9.17) is 4.74 Å². The van der Waals surface area contributed by atoms with E-state index in [1.165, 1.54) is 30.3 Å². The minimum absolute atomic E-state index is 0.0402. The van der Waals surface area contributed by atoms with Crippen molar-refractivity contribution in [1.82, 2.24) is 0 Å². The van der Waals surface area contributed by atoms with Crippen molar-refractivity contribution in [3.63, 3.8) is 0 Å². The number of sulfonamides is 1. The van der Waals surface area contributed by atoms with Gasteiger partial charge in [0.25, 0.3) is 10.0 Å². The van der Waals surface area contributed by atoms with Crippen LogP contribution in [0.2, 0.25) is 0 Å². The van der Waals surface area contributed by atoms with E-state index in [0.717, 1.165) is 0 Å². The van der Waals surface area contributed by atoms with Crippen LogP contribution in [0.1, 0.15) is 28.8 Å². The van der Waals surface area contributed by atoms with E-state index in [1.54, 1.807) is 55.5 Å². The molecule has 3 aromatic carbocycles. The SMILES string of the molecule is CCOC(=O)C(C(=O)c1ccccc1)c1cc(NS(=O)(=O)c2ccccc2)ccc1O. The highest BCUT2D eigenvalue weighted by Crippen LogP contribution is 2.33. The molecule has 3 aromatic rings. The van der Waals surface area contributed by atoms with Crippen molar-refractivity contribution < 1.29 is 27.9 Å². The topological polar surface area (TPSA) is 110 Å². The van der Waals surface area contributed by atoms with Crippen LogP contribution in [0.25, 0.3) is 0 Å². The second-order valence-electron chi connectivity index (χ2n) is 6.61. The number of benzene rings is 3. The molecular weight excluding hydrogens is 418 g/mol. The molecule has 8 heteroatoms. The molecule has 0 aromatic heterocycles. The van der Waals surface area contributed by atoms with E-state index in [2.05, 4.69) is 4.72 Å². The van der Waals surface area contributed by atoms with E-state index >= 15 is 0 Å². The first kappa shape index (κ1) is 22.0. The summed E-state index contributed by atoms with van der Waals surface area (Å²) in [6.07, 6.45) is 0. The Bertz CT molecular complexity index is 1180. The molecule has 160 valence electrons. The molecule has 0 aliphatic carbocycles. The van der Waals surface area contributed by atoms with Crippen LogP contribution in [0.4, 0.5) is 5.69 Å². The average molecular weight is 439 g/mol. The first-order valence-electron chi connectivity index (χ1n) is 9.50. The molecule has 0 spiro atoms. The Morgan fingerprint density at radius 2 is 1.58 bits per heavy atom. The Morgan fingerprint density at radius 3 is 2.19 bits per heavy atom. The quantitative estimate of drug-likeness (QED) is 0.240. The maximum Gasteiger partial charge on any atom is 0.321 e. The van der Waals surface area contributed by atoms with Crippen molar-refractivity contribution in [2.45, 2.75) is 17.7 Å². The summed E-state index contributed by atoms with van der Waals surface area (Å²) in [5, 5.41) is 10.4. The largest absolute Gasteiger partial charge is 0.508 e. The predicted molar refractivity (Wildman–Crippen MR) is 116 cm³/mol. The summed E-state index contributed by atoms with van der Waals surface area (Å²) >= 11 is 0. The standard InChI is InChI=1S/C23H21NO6S/c1-2-30-23(27)21(22(26)16-9-5-3-6-10-16)19-15-17(13-14-20(19)25)24-31(28,29)18-11-7-4-8-12-18/h3-15,21,24-25H,2H2,1H3. The summed E-state index contributed by atoms with van der Waals surface area (Å²) in [4.78, 5) is 25.8. The van der Waals surface area contributed by atoms with Crippen molar-refractivity contribution in [1.29, 1.82) is 0 Å². The van der Waals surface area contributed by atoms with Gasteiger partial charge in [0.1, 0.15) is 11.7 Å². The van der Waals surface area contributed by atoms with Crippen LogP contribution in [0, 0.1) is 0 Å². The molecule has 0 fully saturated rings. The number of hydrogen-bond acceptors (Lipinski definition) is 6. The summed E-state index contributed by atoms with van der Waals surface area (Å²) in [6, 6.07) is 19.7. The van der Waals surface area contributed by atoms with Gasteiger partial charge in [-0.05, 0) is 37.3 Å². The number of phenolic OH excluding ortho intramolecular Hbond substituents is 1. The zero-order chi connectivity index (χ0) is 22.4. The molecule has 0 saturated heterocycles. The number of ether oxygens (including phenoxy) is 1. The highest BCUT2D eigenvalue weighted by molar-refractivity contribution is 7.92. The van der Waals surface area contributed by atoms with E-state index < -0.39 is 27.7 Å². The smallest absolute Gasteiger partial charge is 0.321 e. The molecule has 3 rings (SSSR count). The third kappa shape index (κ3) is 5.10. The number of rotatable bonds is 8. The molecule has 7 nitrogen and oxygen atoms in total. The highest BCUT2D eigenvalue weighted by Gasteiger charge is 2.33. The normalized spacial score (nSPS) is 12.0. The van der Waals surface area contributed by atoms with Crippen LogP contribution in [0.5, 0.6) is 5.75 Å². The number of Topliss-reactive ketones (excluding diaryl/α,β-unsaturated/α-hetero) is 1. The fraction of sp³-hybridized carbons (Fsp3) is 0.130. The Kier molecular flexibility index (Phi) is 6.71. The van der Waals surface area contributed by atoms with Crippen molar-refractivity contribution in [3.05, 3.63) is 90.0 Å². The number of hydrogen-bond donors (Lipinski definition) is 2. The monoisotopic (exact) mass is 439 g/mol. The Hall–Kier alpha value is -3.65. The second-order valence-corrected chi connectivity index (χ2v) is 8.29. The van der Waals surface area contributed by atoms with Gasteiger partial charge in [-0.25, -0.2) is 8.42 Å². The van der Waals surface area contributed by atoms with Gasteiger partial charge >= 0.3 is 5.97 Å². The molecule has 0 amide bonds. The maximum absolute atomic E-state index is 13.1. The van der Waals surface area contributed by atoms with Crippen molar-refractivity contribution in [3.8, 4) is 5.75 Å². The summed E-state index contributed by atoms with van der Waals surface area (Å²) in [7, 11) is -3.90. The molecule has 0 bridgehead atoms. The lowest BCUT2D eigenvalue weighted by Gasteiger charge is -2.18. The third-order valence-corrected chi connectivity index (χ3v) is 5.88. The van der Waals surface area contributed by atoms with Crippen molar-refractivity contribution in [2.75, 3.05) is 11.3 Å². The number of carbonyl (C=O) groups excluding carboxylic acids is 2. The van der Waals surface area contributed by atoms with Crippen LogP contribution in [0.3, 0.4) is 0 Å².